The third kappa shape index (κ3) is 4.73. The molecule has 0 radical (unpaired) electrons. The SMILES string of the molecule is Cc1cc(CNC(=O)CCCN2C(=O)c3ccccc3C2=O)nc(N2CCCCC2)n1. The maximum atomic E-state index is 12.4. The van der Waals surface area contributed by atoms with Crippen molar-refractivity contribution in [1.29, 1.82) is 0 Å². The molecule has 3 amide bonds. The molecule has 0 aliphatic carbocycles. The van der Waals surface area contributed by atoms with Gasteiger partial charge in [-0.05, 0) is 50.8 Å². The lowest BCUT2D eigenvalue weighted by atomic mass is 10.1. The summed E-state index contributed by atoms with van der Waals surface area (Å²) in [4.78, 5) is 49.6. The first kappa shape index (κ1) is 21.0. The van der Waals surface area contributed by atoms with Crippen LogP contribution < -0.4 is 10.2 Å². The molecule has 4 rings (SSSR count). The predicted molar refractivity (Wildman–Crippen MR) is 116 cm³/mol. The molecule has 0 unspecified atom stereocenters. The summed E-state index contributed by atoms with van der Waals surface area (Å²) in [6.07, 6.45) is 4.19. The number of benzene rings is 1. The van der Waals surface area contributed by atoms with Crippen molar-refractivity contribution in [1.82, 2.24) is 20.2 Å². The molecule has 1 aromatic carbocycles. The minimum absolute atomic E-state index is 0.132. The summed E-state index contributed by atoms with van der Waals surface area (Å²) in [7, 11) is 0. The Labute approximate surface area is 181 Å². The van der Waals surface area contributed by atoms with Crippen LogP contribution >= 0.6 is 0 Å². The van der Waals surface area contributed by atoms with Crippen molar-refractivity contribution in [2.75, 3.05) is 24.5 Å². The van der Waals surface area contributed by atoms with E-state index in [1.807, 2.05) is 13.0 Å². The minimum Gasteiger partial charge on any atom is -0.350 e. The summed E-state index contributed by atoms with van der Waals surface area (Å²) in [5.41, 5.74) is 2.52. The maximum absolute atomic E-state index is 12.4. The molecule has 8 nitrogen and oxygen atoms in total. The number of amides is 3. The first-order valence-corrected chi connectivity index (χ1v) is 10.8. The molecular formula is C23H27N5O3. The second-order valence-corrected chi connectivity index (χ2v) is 8.04. The number of carbonyl (C=O) groups excluding carboxylic acids is 3. The number of imide groups is 1. The molecule has 1 saturated heterocycles. The summed E-state index contributed by atoms with van der Waals surface area (Å²) in [6, 6.07) is 8.68. The van der Waals surface area contributed by atoms with Crippen molar-refractivity contribution in [2.24, 2.45) is 0 Å². The van der Waals surface area contributed by atoms with Gasteiger partial charge < -0.3 is 10.2 Å². The van der Waals surface area contributed by atoms with Gasteiger partial charge >= 0.3 is 0 Å². The normalized spacial score (nSPS) is 15.9. The van der Waals surface area contributed by atoms with E-state index in [-0.39, 0.29) is 30.7 Å². The number of hydrogen-bond donors (Lipinski definition) is 1. The second-order valence-electron chi connectivity index (χ2n) is 8.04. The molecule has 2 aromatic rings. The fourth-order valence-corrected chi connectivity index (χ4v) is 4.06. The molecule has 1 aromatic heterocycles. The van der Waals surface area contributed by atoms with Gasteiger partial charge in [-0.2, -0.15) is 0 Å². The zero-order chi connectivity index (χ0) is 21.8. The number of anilines is 1. The van der Waals surface area contributed by atoms with E-state index in [0.717, 1.165) is 43.3 Å². The number of aromatic nitrogens is 2. The van der Waals surface area contributed by atoms with Gasteiger partial charge in [0.05, 0.1) is 23.4 Å². The van der Waals surface area contributed by atoms with Crippen LogP contribution in [0.15, 0.2) is 30.3 Å². The zero-order valence-electron chi connectivity index (χ0n) is 17.8. The van der Waals surface area contributed by atoms with Crippen LogP contribution in [-0.4, -0.2) is 52.2 Å². The highest BCUT2D eigenvalue weighted by molar-refractivity contribution is 6.21. The number of nitrogens with zero attached hydrogens (tertiary/aromatic N) is 4. The molecule has 0 atom stereocenters. The lowest BCUT2D eigenvalue weighted by Crippen LogP contribution is -2.32. The highest BCUT2D eigenvalue weighted by Gasteiger charge is 2.34. The fraction of sp³-hybridized carbons (Fsp3) is 0.435. The average molecular weight is 422 g/mol. The number of aryl methyl sites for hydroxylation is 1. The summed E-state index contributed by atoms with van der Waals surface area (Å²) in [5, 5.41) is 2.89. The molecule has 0 bridgehead atoms. The Bertz CT molecular complexity index is 965. The molecule has 0 saturated carbocycles. The largest absolute Gasteiger partial charge is 0.350 e. The third-order valence-corrected chi connectivity index (χ3v) is 5.66. The topological polar surface area (TPSA) is 95.5 Å². The highest BCUT2D eigenvalue weighted by Crippen LogP contribution is 2.22. The highest BCUT2D eigenvalue weighted by atomic mass is 16.2. The molecule has 2 aliphatic heterocycles. The lowest BCUT2D eigenvalue weighted by molar-refractivity contribution is -0.121. The number of piperidine rings is 1. The van der Waals surface area contributed by atoms with Crippen molar-refractivity contribution in [3.8, 4) is 0 Å². The molecule has 162 valence electrons. The van der Waals surface area contributed by atoms with Crippen LogP contribution in [-0.2, 0) is 11.3 Å². The van der Waals surface area contributed by atoms with E-state index in [1.54, 1.807) is 24.3 Å². The van der Waals surface area contributed by atoms with Gasteiger partial charge in [-0.25, -0.2) is 9.97 Å². The van der Waals surface area contributed by atoms with E-state index < -0.39 is 0 Å². The van der Waals surface area contributed by atoms with Crippen LogP contribution in [0.3, 0.4) is 0 Å². The van der Waals surface area contributed by atoms with Gasteiger partial charge in [0.1, 0.15) is 0 Å². The van der Waals surface area contributed by atoms with Crippen molar-refractivity contribution in [2.45, 2.75) is 45.6 Å². The van der Waals surface area contributed by atoms with Gasteiger partial charge in [-0.3, -0.25) is 19.3 Å². The van der Waals surface area contributed by atoms with E-state index in [1.165, 1.54) is 11.3 Å². The Morgan fingerprint density at radius 1 is 1.03 bits per heavy atom. The van der Waals surface area contributed by atoms with Gasteiger partial charge in [0.25, 0.3) is 11.8 Å². The van der Waals surface area contributed by atoms with Crippen LogP contribution in [0.2, 0.25) is 0 Å². The van der Waals surface area contributed by atoms with Crippen LogP contribution in [0.5, 0.6) is 0 Å². The van der Waals surface area contributed by atoms with Crippen molar-refractivity contribution in [3.05, 3.63) is 52.8 Å². The Balaban J connectivity index is 1.26. The molecule has 1 N–H and O–H groups in total. The molecule has 2 aliphatic rings. The van der Waals surface area contributed by atoms with Gasteiger partial charge in [0, 0.05) is 31.7 Å². The minimum atomic E-state index is -0.289. The molecule has 3 heterocycles. The number of nitrogens with one attached hydrogen (secondary N) is 1. The van der Waals surface area contributed by atoms with E-state index >= 15 is 0 Å². The van der Waals surface area contributed by atoms with Crippen molar-refractivity contribution >= 4 is 23.7 Å². The molecular weight excluding hydrogens is 394 g/mol. The molecule has 8 heteroatoms. The van der Waals surface area contributed by atoms with Gasteiger partial charge in [0.15, 0.2) is 0 Å². The van der Waals surface area contributed by atoms with Crippen LogP contribution in [0, 0.1) is 6.92 Å². The van der Waals surface area contributed by atoms with Crippen LogP contribution in [0.4, 0.5) is 5.95 Å². The fourth-order valence-electron chi connectivity index (χ4n) is 4.06. The zero-order valence-corrected chi connectivity index (χ0v) is 17.8. The number of carbonyl (C=O) groups is 3. The Morgan fingerprint density at radius 3 is 2.39 bits per heavy atom. The smallest absolute Gasteiger partial charge is 0.261 e. The Morgan fingerprint density at radius 2 is 1.71 bits per heavy atom. The average Bonchev–Trinajstić information content (AvgIpc) is 3.03. The monoisotopic (exact) mass is 421 g/mol. The van der Waals surface area contributed by atoms with E-state index in [9.17, 15) is 14.4 Å². The summed E-state index contributed by atoms with van der Waals surface area (Å²) < 4.78 is 0. The van der Waals surface area contributed by atoms with Gasteiger partial charge in [0.2, 0.25) is 11.9 Å². The van der Waals surface area contributed by atoms with Crippen molar-refractivity contribution < 1.29 is 14.4 Å². The number of rotatable bonds is 7. The second kappa shape index (κ2) is 9.24. The molecule has 31 heavy (non-hydrogen) atoms. The molecule has 1 fully saturated rings. The van der Waals surface area contributed by atoms with Crippen molar-refractivity contribution in [3.63, 3.8) is 0 Å². The first-order chi connectivity index (χ1) is 15.0. The molecule has 0 spiro atoms. The Kier molecular flexibility index (Phi) is 6.25. The van der Waals surface area contributed by atoms with E-state index in [4.69, 9.17) is 0 Å². The van der Waals surface area contributed by atoms with Crippen LogP contribution in [0.1, 0.15) is 64.2 Å². The lowest BCUT2D eigenvalue weighted by Gasteiger charge is -2.27. The maximum Gasteiger partial charge on any atom is 0.261 e. The van der Waals surface area contributed by atoms with Crippen LogP contribution in [0.25, 0.3) is 0 Å². The number of fused-ring (bicyclic) bond motifs is 1. The summed E-state index contributed by atoms with van der Waals surface area (Å²) in [6.45, 7) is 4.42. The Hall–Kier alpha value is -3.29. The predicted octanol–water partition coefficient (Wildman–Crippen LogP) is 2.47. The van der Waals surface area contributed by atoms with E-state index in [0.29, 0.717) is 24.1 Å². The van der Waals surface area contributed by atoms with Gasteiger partial charge in [-0.15, -0.1) is 0 Å². The van der Waals surface area contributed by atoms with E-state index in [2.05, 4.69) is 20.2 Å². The standard InChI is InChI=1S/C23H27N5O3/c1-16-14-17(26-23(25-16)27-11-5-2-6-12-27)15-24-20(29)10-7-13-28-21(30)18-8-3-4-9-19(18)22(28)31/h3-4,8-9,14H,2,5-7,10-13,15H2,1H3,(H,24,29). The third-order valence-electron chi connectivity index (χ3n) is 5.66. The quantitative estimate of drug-likeness (QED) is 0.690. The van der Waals surface area contributed by atoms with Gasteiger partial charge in [-0.1, -0.05) is 12.1 Å². The first-order valence-electron chi connectivity index (χ1n) is 10.8. The number of hydrogen-bond acceptors (Lipinski definition) is 6. The summed E-state index contributed by atoms with van der Waals surface area (Å²) >= 11 is 0. The summed E-state index contributed by atoms with van der Waals surface area (Å²) in [5.74, 6) is 0.0207.